The van der Waals surface area contributed by atoms with E-state index in [0.717, 1.165) is 0 Å². The number of benzene rings is 1. The molecule has 2 amide bonds. The average molecular weight is 371 g/mol. The lowest BCUT2D eigenvalue weighted by Crippen LogP contribution is -2.37. The minimum atomic E-state index is -0.712. The van der Waals surface area contributed by atoms with Gasteiger partial charge in [0, 0.05) is 12.2 Å². The number of amides is 2. The van der Waals surface area contributed by atoms with Crippen LogP contribution in [0.2, 0.25) is 0 Å². The van der Waals surface area contributed by atoms with Gasteiger partial charge in [0.2, 0.25) is 0 Å². The van der Waals surface area contributed by atoms with Crippen molar-refractivity contribution in [1.29, 1.82) is 5.26 Å². The summed E-state index contributed by atoms with van der Waals surface area (Å²) in [4.78, 5) is 37.7. The summed E-state index contributed by atoms with van der Waals surface area (Å²) in [5.74, 6) is -1.52. The van der Waals surface area contributed by atoms with E-state index in [-0.39, 0.29) is 25.4 Å². The third-order valence-corrected chi connectivity index (χ3v) is 4.18. The molecule has 2 aromatic rings. The fourth-order valence-corrected chi connectivity index (χ4v) is 2.73. The summed E-state index contributed by atoms with van der Waals surface area (Å²) >= 11 is 1.26. The Balaban J connectivity index is 1.83. The van der Waals surface area contributed by atoms with E-state index >= 15 is 0 Å². The Labute approximate surface area is 154 Å². The maximum atomic E-state index is 12.3. The number of carbonyl (C=O) groups is 3. The van der Waals surface area contributed by atoms with Crippen molar-refractivity contribution in [2.45, 2.75) is 6.42 Å². The Hall–Kier alpha value is -3.18. The molecule has 134 valence electrons. The Morgan fingerprint density at radius 2 is 1.92 bits per heavy atom. The smallest absolute Gasteiger partial charge is 0.325 e. The number of nitrogens with zero attached hydrogens (tertiary/aromatic N) is 2. The van der Waals surface area contributed by atoms with Gasteiger partial charge in [-0.2, -0.15) is 5.26 Å². The van der Waals surface area contributed by atoms with Crippen LogP contribution in [-0.2, 0) is 14.3 Å². The lowest BCUT2D eigenvalue weighted by molar-refractivity contribution is -0.146. The molecule has 1 heterocycles. The molecule has 0 aliphatic carbocycles. The van der Waals surface area contributed by atoms with Gasteiger partial charge in [-0.15, -0.1) is 11.3 Å². The summed E-state index contributed by atoms with van der Waals surface area (Å²) < 4.78 is 4.93. The van der Waals surface area contributed by atoms with Crippen LogP contribution in [0.1, 0.15) is 16.1 Å². The molecule has 0 saturated heterocycles. The first-order valence-corrected chi connectivity index (χ1v) is 8.69. The number of anilines is 1. The minimum Gasteiger partial charge on any atom is -0.454 e. The van der Waals surface area contributed by atoms with Crippen LogP contribution in [0, 0.1) is 11.3 Å². The monoisotopic (exact) mass is 371 g/mol. The van der Waals surface area contributed by atoms with E-state index in [1.807, 2.05) is 12.1 Å². The number of hydrogen-bond acceptors (Lipinski definition) is 6. The number of esters is 1. The molecule has 26 heavy (non-hydrogen) atoms. The van der Waals surface area contributed by atoms with E-state index in [4.69, 9.17) is 10.00 Å². The molecule has 0 aliphatic rings. The zero-order valence-corrected chi connectivity index (χ0v) is 14.7. The van der Waals surface area contributed by atoms with E-state index in [1.165, 1.54) is 16.2 Å². The van der Waals surface area contributed by atoms with Gasteiger partial charge in [-0.1, -0.05) is 24.3 Å². The van der Waals surface area contributed by atoms with E-state index in [2.05, 4.69) is 5.32 Å². The number of nitrogens with one attached hydrogen (secondary N) is 1. The van der Waals surface area contributed by atoms with Gasteiger partial charge in [-0.05, 0) is 23.6 Å². The Bertz CT molecular complexity index is 785. The quantitative estimate of drug-likeness (QED) is 0.715. The molecule has 7 nitrogen and oxygen atoms in total. The van der Waals surface area contributed by atoms with Gasteiger partial charge in [0.15, 0.2) is 6.61 Å². The fraction of sp³-hybridized carbons (Fsp3) is 0.222. The SMILES string of the molecule is N#CCCN(C(=O)COC(=O)CNC(=O)c1cccs1)c1ccccc1. The standard InChI is InChI=1S/C18H17N3O4S/c19-9-5-10-21(14-6-2-1-3-7-14)16(22)13-25-17(23)12-20-18(24)15-8-4-11-26-15/h1-4,6-8,11H,5,10,12-13H2,(H,20,24). The fourth-order valence-electron chi connectivity index (χ4n) is 2.09. The van der Waals surface area contributed by atoms with Gasteiger partial charge in [-0.25, -0.2) is 0 Å². The molecule has 0 spiro atoms. The zero-order chi connectivity index (χ0) is 18.8. The van der Waals surface area contributed by atoms with E-state index < -0.39 is 18.5 Å². The number of ether oxygens (including phenoxy) is 1. The molecular formula is C18H17N3O4S. The summed E-state index contributed by atoms with van der Waals surface area (Å²) in [5, 5.41) is 12.9. The molecule has 0 atom stereocenters. The third kappa shape index (κ3) is 5.72. The summed E-state index contributed by atoms with van der Waals surface area (Å²) in [6.07, 6.45) is 0.158. The van der Waals surface area contributed by atoms with Crippen LogP contribution in [0.5, 0.6) is 0 Å². The lowest BCUT2D eigenvalue weighted by atomic mass is 10.2. The second kappa shape index (κ2) is 9.96. The van der Waals surface area contributed by atoms with Crippen molar-refractivity contribution in [2.24, 2.45) is 0 Å². The number of rotatable bonds is 8. The summed E-state index contributed by atoms with van der Waals surface area (Å²) in [5.41, 5.74) is 0.620. The van der Waals surface area contributed by atoms with Crippen molar-refractivity contribution >= 4 is 34.8 Å². The van der Waals surface area contributed by atoms with Crippen molar-refractivity contribution in [3.05, 3.63) is 52.7 Å². The van der Waals surface area contributed by atoms with Gasteiger partial charge in [0.1, 0.15) is 6.54 Å². The molecule has 0 bridgehead atoms. The van der Waals surface area contributed by atoms with Crippen LogP contribution >= 0.6 is 11.3 Å². The van der Waals surface area contributed by atoms with Crippen LogP contribution in [0.25, 0.3) is 0 Å². The third-order valence-electron chi connectivity index (χ3n) is 3.31. The Morgan fingerprint density at radius 1 is 1.15 bits per heavy atom. The van der Waals surface area contributed by atoms with E-state index in [0.29, 0.717) is 10.6 Å². The van der Waals surface area contributed by atoms with Crippen molar-refractivity contribution in [3.63, 3.8) is 0 Å². The summed E-state index contributed by atoms with van der Waals surface area (Å²) in [7, 11) is 0. The number of thiophene rings is 1. The maximum absolute atomic E-state index is 12.3. The average Bonchev–Trinajstić information content (AvgIpc) is 3.20. The number of hydrogen-bond donors (Lipinski definition) is 1. The van der Waals surface area contributed by atoms with Crippen molar-refractivity contribution in [1.82, 2.24) is 5.32 Å². The number of para-hydroxylation sites is 1. The topological polar surface area (TPSA) is 99.5 Å². The van der Waals surface area contributed by atoms with Crippen LogP contribution in [-0.4, -0.2) is 37.5 Å². The molecule has 2 rings (SSSR count). The van der Waals surface area contributed by atoms with Crippen molar-refractivity contribution in [2.75, 3.05) is 24.6 Å². The van der Waals surface area contributed by atoms with E-state index in [9.17, 15) is 14.4 Å². The predicted molar refractivity (Wildman–Crippen MR) is 96.6 cm³/mol. The van der Waals surface area contributed by atoms with Gasteiger partial charge in [-0.3, -0.25) is 14.4 Å². The molecule has 1 N–H and O–H groups in total. The molecule has 0 unspecified atom stereocenters. The van der Waals surface area contributed by atoms with Crippen LogP contribution < -0.4 is 10.2 Å². The highest BCUT2D eigenvalue weighted by Crippen LogP contribution is 2.14. The van der Waals surface area contributed by atoms with E-state index in [1.54, 1.807) is 41.8 Å². The van der Waals surface area contributed by atoms with Crippen LogP contribution in [0.15, 0.2) is 47.8 Å². The minimum absolute atomic E-state index is 0.158. The number of nitriles is 1. The highest BCUT2D eigenvalue weighted by molar-refractivity contribution is 7.12. The second-order valence-corrected chi connectivity index (χ2v) is 6.06. The summed E-state index contributed by atoms with van der Waals surface area (Å²) in [6.45, 7) is -0.590. The predicted octanol–water partition coefficient (Wildman–Crippen LogP) is 1.97. The molecule has 8 heteroatoms. The molecule has 0 radical (unpaired) electrons. The highest BCUT2D eigenvalue weighted by atomic mass is 32.1. The molecule has 1 aromatic heterocycles. The Morgan fingerprint density at radius 3 is 2.58 bits per heavy atom. The normalized spacial score (nSPS) is 9.81. The van der Waals surface area contributed by atoms with Gasteiger partial charge >= 0.3 is 5.97 Å². The maximum Gasteiger partial charge on any atom is 0.325 e. The van der Waals surface area contributed by atoms with Crippen molar-refractivity contribution < 1.29 is 19.1 Å². The molecule has 0 saturated carbocycles. The molecular weight excluding hydrogens is 354 g/mol. The highest BCUT2D eigenvalue weighted by Gasteiger charge is 2.17. The first kappa shape index (κ1) is 19.1. The van der Waals surface area contributed by atoms with Gasteiger partial charge < -0.3 is 15.0 Å². The Kier molecular flexibility index (Phi) is 7.33. The molecule has 1 aromatic carbocycles. The molecule has 0 fully saturated rings. The van der Waals surface area contributed by atoms with Gasteiger partial charge in [0.05, 0.1) is 17.4 Å². The van der Waals surface area contributed by atoms with Crippen LogP contribution in [0.3, 0.4) is 0 Å². The van der Waals surface area contributed by atoms with Crippen molar-refractivity contribution in [3.8, 4) is 6.07 Å². The first-order valence-electron chi connectivity index (χ1n) is 7.81. The van der Waals surface area contributed by atoms with Gasteiger partial charge in [0.25, 0.3) is 11.8 Å². The second-order valence-electron chi connectivity index (χ2n) is 5.11. The lowest BCUT2D eigenvalue weighted by Gasteiger charge is -2.21. The largest absolute Gasteiger partial charge is 0.454 e. The molecule has 0 aliphatic heterocycles. The first-order chi connectivity index (χ1) is 12.6. The summed E-state index contributed by atoms with van der Waals surface area (Å²) in [6, 6.07) is 14.2. The van der Waals surface area contributed by atoms with Crippen LogP contribution in [0.4, 0.5) is 5.69 Å². The zero-order valence-electron chi connectivity index (χ0n) is 13.9. The number of carbonyl (C=O) groups excluding carboxylic acids is 3.